The fourth-order valence-corrected chi connectivity index (χ4v) is 4.73. The summed E-state index contributed by atoms with van der Waals surface area (Å²) in [6.07, 6.45) is 1.41. The van der Waals surface area contributed by atoms with Gasteiger partial charge in [0, 0.05) is 46.3 Å². The van der Waals surface area contributed by atoms with Crippen LogP contribution in [0, 0.1) is 0 Å². The first-order chi connectivity index (χ1) is 10.4. The lowest BCUT2D eigenvalue weighted by Crippen LogP contribution is -2.47. The minimum Gasteiger partial charge on any atom is -0.379 e. The Hall–Kier alpha value is -0.860. The molecule has 2 heterocycles. The van der Waals surface area contributed by atoms with Crippen LogP contribution in [0.25, 0.3) is 0 Å². The molecule has 2 rings (SSSR count). The number of carbonyl (C=O) groups is 1. The van der Waals surface area contributed by atoms with Crippen molar-refractivity contribution in [3.05, 3.63) is 0 Å². The van der Waals surface area contributed by atoms with E-state index in [1.54, 1.807) is 19.0 Å². The SMILES string of the molecule is CN(C)C(=O)N(CCCN1CCOCC1)C1CCS(=O)(=O)C1. The van der Waals surface area contributed by atoms with Gasteiger partial charge in [0.05, 0.1) is 24.7 Å². The van der Waals surface area contributed by atoms with E-state index in [2.05, 4.69) is 4.90 Å². The summed E-state index contributed by atoms with van der Waals surface area (Å²) >= 11 is 0. The molecule has 1 unspecified atom stereocenters. The van der Waals surface area contributed by atoms with E-state index in [0.29, 0.717) is 13.0 Å². The van der Waals surface area contributed by atoms with Gasteiger partial charge in [-0.1, -0.05) is 0 Å². The molecule has 128 valence electrons. The van der Waals surface area contributed by atoms with Gasteiger partial charge in [0.15, 0.2) is 9.84 Å². The third-order valence-electron chi connectivity index (χ3n) is 4.25. The molecule has 0 aliphatic carbocycles. The van der Waals surface area contributed by atoms with Crippen LogP contribution >= 0.6 is 0 Å². The minimum atomic E-state index is -2.98. The van der Waals surface area contributed by atoms with Crippen molar-refractivity contribution in [3.63, 3.8) is 0 Å². The van der Waals surface area contributed by atoms with Crippen LogP contribution in [0.5, 0.6) is 0 Å². The summed E-state index contributed by atoms with van der Waals surface area (Å²) in [6, 6.07) is -0.270. The van der Waals surface area contributed by atoms with Crippen LogP contribution in [0.1, 0.15) is 12.8 Å². The molecule has 7 nitrogen and oxygen atoms in total. The monoisotopic (exact) mass is 333 g/mol. The molecule has 0 aromatic heterocycles. The lowest BCUT2D eigenvalue weighted by molar-refractivity contribution is 0.0359. The van der Waals surface area contributed by atoms with E-state index in [1.165, 1.54) is 4.90 Å². The highest BCUT2D eigenvalue weighted by molar-refractivity contribution is 7.91. The largest absolute Gasteiger partial charge is 0.379 e. The highest BCUT2D eigenvalue weighted by Crippen LogP contribution is 2.19. The van der Waals surface area contributed by atoms with Gasteiger partial charge in [-0.3, -0.25) is 4.90 Å². The molecule has 0 aromatic rings. The predicted octanol–water partition coefficient (Wildman–Crippen LogP) is -0.121. The summed E-state index contributed by atoms with van der Waals surface area (Å²) in [4.78, 5) is 17.9. The van der Waals surface area contributed by atoms with Gasteiger partial charge in [-0.2, -0.15) is 0 Å². The van der Waals surface area contributed by atoms with Crippen molar-refractivity contribution in [2.45, 2.75) is 18.9 Å². The molecule has 2 aliphatic heterocycles. The Balaban J connectivity index is 1.89. The molecule has 2 amide bonds. The zero-order valence-corrected chi connectivity index (χ0v) is 14.3. The maximum atomic E-state index is 12.3. The van der Waals surface area contributed by atoms with Crippen LogP contribution in [-0.4, -0.2) is 100 Å². The summed E-state index contributed by atoms with van der Waals surface area (Å²) < 4.78 is 28.7. The fraction of sp³-hybridized carbons (Fsp3) is 0.929. The molecule has 0 aromatic carbocycles. The topological polar surface area (TPSA) is 70.2 Å². The number of ether oxygens (including phenoxy) is 1. The highest BCUT2D eigenvalue weighted by Gasteiger charge is 2.35. The summed E-state index contributed by atoms with van der Waals surface area (Å²) in [5.41, 5.74) is 0. The zero-order chi connectivity index (χ0) is 16.2. The highest BCUT2D eigenvalue weighted by atomic mass is 32.2. The molecule has 0 bridgehead atoms. The van der Waals surface area contributed by atoms with Gasteiger partial charge >= 0.3 is 6.03 Å². The van der Waals surface area contributed by atoms with E-state index < -0.39 is 9.84 Å². The maximum Gasteiger partial charge on any atom is 0.319 e. The number of nitrogens with zero attached hydrogens (tertiary/aromatic N) is 3. The Labute approximate surface area is 133 Å². The van der Waals surface area contributed by atoms with E-state index in [4.69, 9.17) is 4.74 Å². The third kappa shape index (κ3) is 4.82. The van der Waals surface area contributed by atoms with Crippen molar-refractivity contribution in [1.82, 2.24) is 14.7 Å². The third-order valence-corrected chi connectivity index (χ3v) is 6.00. The molecular formula is C14H27N3O4S. The fourth-order valence-electron chi connectivity index (χ4n) is 3.00. The Morgan fingerprint density at radius 1 is 1.27 bits per heavy atom. The van der Waals surface area contributed by atoms with Gasteiger partial charge in [0.1, 0.15) is 0 Å². The second-order valence-electron chi connectivity index (χ2n) is 6.23. The van der Waals surface area contributed by atoms with Crippen molar-refractivity contribution in [2.75, 3.05) is 65.0 Å². The molecule has 2 saturated heterocycles. The molecule has 22 heavy (non-hydrogen) atoms. The van der Waals surface area contributed by atoms with Crippen LogP contribution < -0.4 is 0 Å². The smallest absolute Gasteiger partial charge is 0.319 e. The Morgan fingerprint density at radius 2 is 1.95 bits per heavy atom. The standard InChI is InChI=1S/C14H27N3O4S/c1-15(2)14(18)17(13-4-11-22(19,20)12-13)6-3-5-16-7-9-21-10-8-16/h13H,3-12H2,1-2H3. The van der Waals surface area contributed by atoms with E-state index in [9.17, 15) is 13.2 Å². The second kappa shape index (κ2) is 7.61. The van der Waals surface area contributed by atoms with Crippen molar-refractivity contribution >= 4 is 15.9 Å². The minimum absolute atomic E-state index is 0.0934. The number of amides is 2. The van der Waals surface area contributed by atoms with Gasteiger partial charge in [0.25, 0.3) is 0 Å². The van der Waals surface area contributed by atoms with Crippen molar-refractivity contribution in [1.29, 1.82) is 0 Å². The second-order valence-corrected chi connectivity index (χ2v) is 8.46. The summed E-state index contributed by atoms with van der Waals surface area (Å²) in [5, 5.41) is 0. The molecule has 8 heteroatoms. The maximum absolute atomic E-state index is 12.3. The van der Waals surface area contributed by atoms with Crippen LogP contribution in [0.4, 0.5) is 4.79 Å². The number of rotatable bonds is 5. The molecular weight excluding hydrogens is 306 g/mol. The van der Waals surface area contributed by atoms with Crippen molar-refractivity contribution in [3.8, 4) is 0 Å². The molecule has 1 atom stereocenters. The zero-order valence-electron chi connectivity index (χ0n) is 13.5. The average Bonchev–Trinajstić information content (AvgIpc) is 2.84. The molecule has 2 aliphatic rings. The average molecular weight is 333 g/mol. The summed E-state index contributed by atoms with van der Waals surface area (Å²) in [7, 11) is 0.434. The quantitative estimate of drug-likeness (QED) is 0.701. The van der Waals surface area contributed by atoms with Crippen LogP contribution in [0.2, 0.25) is 0 Å². The first-order valence-corrected chi connectivity index (χ1v) is 9.69. The van der Waals surface area contributed by atoms with Gasteiger partial charge in [-0.15, -0.1) is 0 Å². The number of urea groups is 1. The molecule has 0 spiro atoms. The first kappa shape index (κ1) is 17.5. The van der Waals surface area contributed by atoms with Gasteiger partial charge in [-0.05, 0) is 12.8 Å². The first-order valence-electron chi connectivity index (χ1n) is 7.87. The lowest BCUT2D eigenvalue weighted by Gasteiger charge is -2.32. The number of hydrogen-bond acceptors (Lipinski definition) is 5. The van der Waals surface area contributed by atoms with E-state index in [0.717, 1.165) is 39.3 Å². The Kier molecular flexibility index (Phi) is 6.05. The number of sulfone groups is 1. The van der Waals surface area contributed by atoms with Crippen LogP contribution in [-0.2, 0) is 14.6 Å². The normalized spacial score (nSPS) is 25.1. The number of carbonyl (C=O) groups excluding carboxylic acids is 1. The molecule has 2 fully saturated rings. The van der Waals surface area contributed by atoms with Gasteiger partial charge in [-0.25, -0.2) is 13.2 Å². The summed E-state index contributed by atoms with van der Waals surface area (Å²) in [6.45, 7) is 4.91. The van der Waals surface area contributed by atoms with Crippen molar-refractivity contribution in [2.24, 2.45) is 0 Å². The van der Waals surface area contributed by atoms with Gasteiger partial charge in [0.2, 0.25) is 0 Å². The van der Waals surface area contributed by atoms with E-state index in [1.807, 2.05) is 0 Å². The predicted molar refractivity (Wildman–Crippen MR) is 84.7 cm³/mol. The van der Waals surface area contributed by atoms with Crippen molar-refractivity contribution < 1.29 is 17.9 Å². The Bertz CT molecular complexity index is 474. The summed E-state index contributed by atoms with van der Waals surface area (Å²) in [5.74, 6) is 0.294. The van der Waals surface area contributed by atoms with E-state index in [-0.39, 0.29) is 23.6 Å². The van der Waals surface area contributed by atoms with E-state index >= 15 is 0 Å². The number of hydrogen-bond donors (Lipinski definition) is 0. The van der Waals surface area contributed by atoms with Crippen LogP contribution in [0.3, 0.4) is 0 Å². The molecule has 0 saturated carbocycles. The van der Waals surface area contributed by atoms with Crippen LogP contribution in [0.15, 0.2) is 0 Å². The van der Waals surface area contributed by atoms with Gasteiger partial charge < -0.3 is 14.5 Å². The Morgan fingerprint density at radius 3 is 2.50 bits per heavy atom. The lowest BCUT2D eigenvalue weighted by atomic mass is 10.2. The number of morpholine rings is 1. The molecule has 0 radical (unpaired) electrons. The molecule has 0 N–H and O–H groups in total.